The van der Waals surface area contributed by atoms with Crippen LogP contribution in [0.1, 0.15) is 10.4 Å². The van der Waals surface area contributed by atoms with Crippen molar-refractivity contribution >= 4 is 28.4 Å². The summed E-state index contributed by atoms with van der Waals surface area (Å²) in [6.45, 7) is 0.301. The summed E-state index contributed by atoms with van der Waals surface area (Å²) in [5, 5.41) is 12.4. The molecule has 21 heavy (non-hydrogen) atoms. The predicted octanol–water partition coefficient (Wildman–Crippen LogP) is 2.39. The monoisotopic (exact) mass is 282 g/mol. The molecule has 0 atom stereocenters. The molecule has 0 radical (unpaired) electrons. The minimum Gasteiger partial charge on any atom is -0.478 e. The van der Waals surface area contributed by atoms with Gasteiger partial charge in [-0.05, 0) is 24.3 Å². The van der Waals surface area contributed by atoms with Gasteiger partial charge in [0.15, 0.2) is 0 Å². The van der Waals surface area contributed by atoms with Crippen molar-refractivity contribution in [2.24, 2.45) is 5.73 Å². The average molecular weight is 282 g/mol. The van der Waals surface area contributed by atoms with Crippen LogP contribution in [0.25, 0.3) is 11.0 Å². The van der Waals surface area contributed by atoms with Gasteiger partial charge in [-0.3, -0.25) is 0 Å². The Bertz CT molecular complexity index is 810. The van der Waals surface area contributed by atoms with E-state index >= 15 is 0 Å². The van der Waals surface area contributed by atoms with Gasteiger partial charge in [-0.25, -0.2) is 9.78 Å². The average Bonchev–Trinajstić information content (AvgIpc) is 2.92. The van der Waals surface area contributed by atoms with Crippen LogP contribution in [0.2, 0.25) is 0 Å². The number of para-hydroxylation sites is 2. The molecule has 0 fully saturated rings. The Hall–Kier alpha value is -2.86. The van der Waals surface area contributed by atoms with Crippen LogP contribution in [-0.4, -0.2) is 20.6 Å². The number of nitrogens with zero attached hydrogens (tertiary/aromatic N) is 2. The van der Waals surface area contributed by atoms with Crippen LogP contribution in [0.15, 0.2) is 48.8 Å². The standard InChI is InChI=1S/C15H14N4O2/c16-8-19-9-17-12-6-3-7-13(14(12)19)18-11-5-2-1-4-10(11)15(20)21/h1-7,9,18H,8,16H2,(H,20,21). The minimum atomic E-state index is -0.974. The third-order valence-corrected chi connectivity index (χ3v) is 3.26. The Morgan fingerprint density at radius 3 is 2.71 bits per heavy atom. The number of carbonyl (C=O) groups is 1. The zero-order valence-electron chi connectivity index (χ0n) is 11.2. The van der Waals surface area contributed by atoms with E-state index in [2.05, 4.69) is 10.3 Å². The van der Waals surface area contributed by atoms with Crippen LogP contribution in [0.5, 0.6) is 0 Å². The number of hydrogen-bond donors (Lipinski definition) is 3. The number of benzene rings is 2. The fourth-order valence-electron chi connectivity index (χ4n) is 2.29. The number of aromatic nitrogens is 2. The lowest BCUT2D eigenvalue weighted by Crippen LogP contribution is -2.07. The molecule has 106 valence electrons. The van der Waals surface area contributed by atoms with E-state index in [0.29, 0.717) is 12.4 Å². The molecular formula is C15H14N4O2. The van der Waals surface area contributed by atoms with Gasteiger partial charge in [-0.15, -0.1) is 0 Å². The Kier molecular flexibility index (Phi) is 3.29. The second-order valence-electron chi connectivity index (χ2n) is 4.55. The normalized spacial score (nSPS) is 10.7. The number of hydrogen-bond acceptors (Lipinski definition) is 4. The van der Waals surface area contributed by atoms with E-state index in [-0.39, 0.29) is 5.56 Å². The van der Waals surface area contributed by atoms with Crippen molar-refractivity contribution in [3.8, 4) is 0 Å². The summed E-state index contributed by atoms with van der Waals surface area (Å²) in [6, 6.07) is 12.4. The van der Waals surface area contributed by atoms with Gasteiger partial charge in [0.05, 0.1) is 41.0 Å². The lowest BCUT2D eigenvalue weighted by molar-refractivity contribution is 0.0698. The maximum atomic E-state index is 11.3. The SMILES string of the molecule is NCn1cnc2cccc(Nc3ccccc3C(=O)O)c21. The van der Waals surface area contributed by atoms with E-state index in [1.54, 1.807) is 35.2 Å². The molecule has 0 aliphatic rings. The second-order valence-corrected chi connectivity index (χ2v) is 4.55. The van der Waals surface area contributed by atoms with Gasteiger partial charge in [0, 0.05) is 0 Å². The summed E-state index contributed by atoms with van der Waals surface area (Å²) >= 11 is 0. The smallest absolute Gasteiger partial charge is 0.337 e. The molecule has 0 saturated heterocycles. The molecule has 0 spiro atoms. The van der Waals surface area contributed by atoms with Crippen molar-refractivity contribution in [3.63, 3.8) is 0 Å². The highest BCUT2D eigenvalue weighted by molar-refractivity contribution is 5.97. The first-order valence-corrected chi connectivity index (χ1v) is 6.44. The van der Waals surface area contributed by atoms with E-state index in [4.69, 9.17) is 5.73 Å². The first kappa shape index (κ1) is 13.1. The summed E-state index contributed by atoms with van der Waals surface area (Å²) in [4.78, 5) is 15.5. The number of carboxylic acid groups (broad SMARTS) is 1. The van der Waals surface area contributed by atoms with Crippen LogP contribution in [-0.2, 0) is 6.67 Å². The summed E-state index contributed by atoms with van der Waals surface area (Å²) in [5.41, 5.74) is 8.87. The molecule has 6 nitrogen and oxygen atoms in total. The molecule has 0 saturated carbocycles. The van der Waals surface area contributed by atoms with Crippen LogP contribution in [0.4, 0.5) is 11.4 Å². The Labute approximate surface area is 120 Å². The first-order chi connectivity index (χ1) is 10.2. The summed E-state index contributed by atoms with van der Waals surface area (Å²) in [7, 11) is 0. The van der Waals surface area contributed by atoms with Gasteiger partial charge in [0.25, 0.3) is 0 Å². The van der Waals surface area contributed by atoms with Crippen molar-refractivity contribution < 1.29 is 9.90 Å². The number of aromatic carboxylic acids is 1. The van der Waals surface area contributed by atoms with E-state index in [1.165, 1.54) is 0 Å². The summed E-state index contributed by atoms with van der Waals surface area (Å²) in [5.74, 6) is -0.974. The van der Waals surface area contributed by atoms with Gasteiger partial charge in [-0.2, -0.15) is 0 Å². The van der Waals surface area contributed by atoms with Gasteiger partial charge in [0.2, 0.25) is 0 Å². The van der Waals surface area contributed by atoms with E-state index < -0.39 is 5.97 Å². The van der Waals surface area contributed by atoms with Crippen molar-refractivity contribution in [1.29, 1.82) is 0 Å². The largest absolute Gasteiger partial charge is 0.478 e. The van der Waals surface area contributed by atoms with E-state index in [9.17, 15) is 9.90 Å². The van der Waals surface area contributed by atoms with Crippen LogP contribution >= 0.6 is 0 Å². The van der Waals surface area contributed by atoms with Gasteiger partial charge >= 0.3 is 5.97 Å². The van der Waals surface area contributed by atoms with Crippen molar-refractivity contribution in [2.45, 2.75) is 6.67 Å². The molecule has 0 aliphatic heterocycles. The highest BCUT2D eigenvalue weighted by atomic mass is 16.4. The third kappa shape index (κ3) is 2.32. The van der Waals surface area contributed by atoms with Gasteiger partial charge in [-0.1, -0.05) is 18.2 Å². The molecule has 6 heteroatoms. The molecular weight excluding hydrogens is 268 g/mol. The topological polar surface area (TPSA) is 93.2 Å². The fraction of sp³-hybridized carbons (Fsp3) is 0.0667. The molecule has 2 aromatic carbocycles. The third-order valence-electron chi connectivity index (χ3n) is 3.26. The lowest BCUT2D eigenvalue weighted by Gasteiger charge is -2.12. The molecule has 0 aliphatic carbocycles. The number of rotatable bonds is 4. The Morgan fingerprint density at radius 1 is 1.19 bits per heavy atom. The number of fused-ring (bicyclic) bond motifs is 1. The fourth-order valence-corrected chi connectivity index (χ4v) is 2.29. The zero-order chi connectivity index (χ0) is 14.8. The zero-order valence-corrected chi connectivity index (χ0v) is 11.2. The molecule has 1 heterocycles. The van der Waals surface area contributed by atoms with Crippen molar-refractivity contribution in [2.75, 3.05) is 5.32 Å². The number of anilines is 2. The summed E-state index contributed by atoms with van der Waals surface area (Å²) < 4.78 is 1.81. The van der Waals surface area contributed by atoms with Crippen molar-refractivity contribution in [1.82, 2.24) is 9.55 Å². The first-order valence-electron chi connectivity index (χ1n) is 6.44. The van der Waals surface area contributed by atoms with Crippen LogP contribution in [0.3, 0.4) is 0 Å². The molecule has 1 aromatic heterocycles. The van der Waals surface area contributed by atoms with Crippen molar-refractivity contribution in [3.05, 3.63) is 54.4 Å². The highest BCUT2D eigenvalue weighted by Crippen LogP contribution is 2.27. The maximum Gasteiger partial charge on any atom is 0.337 e. The van der Waals surface area contributed by atoms with Gasteiger partial charge in [0.1, 0.15) is 0 Å². The molecule has 0 amide bonds. The molecule has 0 unspecified atom stereocenters. The van der Waals surface area contributed by atoms with Gasteiger partial charge < -0.3 is 20.7 Å². The molecule has 3 rings (SSSR count). The van der Waals surface area contributed by atoms with Crippen LogP contribution in [0, 0.1) is 0 Å². The molecule has 4 N–H and O–H groups in total. The molecule has 0 bridgehead atoms. The number of carboxylic acids is 1. The Morgan fingerprint density at radius 2 is 1.95 bits per heavy atom. The number of nitrogens with two attached hydrogens (primary N) is 1. The van der Waals surface area contributed by atoms with E-state index in [1.807, 2.05) is 18.2 Å². The summed E-state index contributed by atoms with van der Waals surface area (Å²) in [6.07, 6.45) is 1.67. The Balaban J connectivity index is 2.10. The quantitative estimate of drug-likeness (QED) is 0.683. The lowest BCUT2D eigenvalue weighted by atomic mass is 10.1. The molecule has 3 aromatic rings. The van der Waals surface area contributed by atoms with Crippen LogP contribution < -0.4 is 11.1 Å². The minimum absolute atomic E-state index is 0.216. The second kappa shape index (κ2) is 5.26. The number of imidazole rings is 1. The maximum absolute atomic E-state index is 11.3. The van der Waals surface area contributed by atoms with E-state index in [0.717, 1.165) is 16.7 Å². The number of nitrogens with one attached hydrogen (secondary N) is 1. The predicted molar refractivity (Wildman–Crippen MR) is 80.6 cm³/mol. The highest BCUT2D eigenvalue weighted by Gasteiger charge is 2.12.